The van der Waals surface area contributed by atoms with Crippen LogP contribution in [0, 0.1) is 6.92 Å². The molecule has 3 aromatic rings. The fourth-order valence-electron chi connectivity index (χ4n) is 2.65. The molecule has 0 aliphatic rings. The van der Waals surface area contributed by atoms with Gasteiger partial charge < -0.3 is 15.0 Å². The first-order valence-electron chi connectivity index (χ1n) is 8.46. The number of carbonyl (C=O) groups is 2. The Morgan fingerprint density at radius 3 is 2.67 bits per heavy atom. The molecule has 0 saturated carbocycles. The average molecular weight is 365 g/mol. The third-order valence-electron chi connectivity index (χ3n) is 4.04. The smallest absolute Gasteiger partial charge is 0.411 e. The van der Waals surface area contributed by atoms with Crippen LogP contribution in [0.25, 0.3) is 10.9 Å². The van der Waals surface area contributed by atoms with Crippen molar-refractivity contribution in [3.05, 3.63) is 70.0 Å². The molecule has 0 unspecified atom stereocenters. The zero-order valence-electron chi connectivity index (χ0n) is 15.0. The summed E-state index contributed by atoms with van der Waals surface area (Å²) in [5.74, 6) is -0.534. The molecule has 0 radical (unpaired) electrons. The van der Waals surface area contributed by atoms with Crippen LogP contribution >= 0.6 is 0 Å². The molecule has 0 aliphatic heterocycles. The van der Waals surface area contributed by atoms with E-state index >= 15 is 0 Å². The number of amides is 2. The summed E-state index contributed by atoms with van der Waals surface area (Å²) in [7, 11) is 0. The molecule has 0 spiro atoms. The topological polar surface area (TPSA) is 100 Å². The molecule has 138 valence electrons. The Labute approximate surface area is 155 Å². The summed E-state index contributed by atoms with van der Waals surface area (Å²) in [5.41, 5.74) is 2.09. The van der Waals surface area contributed by atoms with E-state index in [-0.39, 0.29) is 17.6 Å². The minimum atomic E-state index is -0.574. The van der Waals surface area contributed by atoms with Gasteiger partial charge in [0.05, 0.1) is 6.61 Å². The quantitative estimate of drug-likeness (QED) is 0.657. The maximum absolute atomic E-state index is 12.6. The number of benzene rings is 2. The molecule has 0 aliphatic carbocycles. The monoisotopic (exact) mass is 365 g/mol. The molecule has 1 aromatic heterocycles. The molecular formula is C20H19N3O4. The van der Waals surface area contributed by atoms with Gasteiger partial charge in [-0.2, -0.15) is 0 Å². The largest absolute Gasteiger partial charge is 0.450 e. The number of nitrogens with one attached hydrogen (secondary N) is 3. The maximum Gasteiger partial charge on any atom is 0.411 e. The number of anilines is 2. The van der Waals surface area contributed by atoms with Crippen LogP contribution in [0.15, 0.2) is 53.5 Å². The van der Waals surface area contributed by atoms with Crippen LogP contribution in [0.5, 0.6) is 0 Å². The summed E-state index contributed by atoms with van der Waals surface area (Å²) >= 11 is 0. The molecule has 2 aromatic carbocycles. The van der Waals surface area contributed by atoms with Gasteiger partial charge in [-0.15, -0.1) is 0 Å². The number of hydrogen-bond acceptors (Lipinski definition) is 4. The van der Waals surface area contributed by atoms with E-state index in [0.29, 0.717) is 22.3 Å². The molecule has 0 saturated heterocycles. The third kappa shape index (κ3) is 3.98. The van der Waals surface area contributed by atoms with Crippen molar-refractivity contribution >= 4 is 34.3 Å². The van der Waals surface area contributed by atoms with Gasteiger partial charge in [0.1, 0.15) is 5.56 Å². The molecule has 3 rings (SSSR count). The van der Waals surface area contributed by atoms with Crippen molar-refractivity contribution in [1.82, 2.24) is 4.98 Å². The van der Waals surface area contributed by atoms with Crippen LogP contribution in [0.2, 0.25) is 0 Å². The third-order valence-corrected chi connectivity index (χ3v) is 4.04. The average Bonchev–Trinajstić information content (AvgIpc) is 2.65. The van der Waals surface area contributed by atoms with Crippen LogP contribution in [-0.4, -0.2) is 23.6 Å². The van der Waals surface area contributed by atoms with E-state index in [2.05, 4.69) is 15.6 Å². The second-order valence-corrected chi connectivity index (χ2v) is 5.91. The summed E-state index contributed by atoms with van der Waals surface area (Å²) in [6.07, 6.45) is 0.821. The molecule has 7 nitrogen and oxygen atoms in total. The second-order valence-electron chi connectivity index (χ2n) is 5.91. The van der Waals surface area contributed by atoms with E-state index in [1.807, 2.05) is 13.0 Å². The number of H-pyrrole nitrogens is 1. The number of aromatic amines is 1. The number of fused-ring (bicyclic) bond motifs is 1. The Bertz CT molecular complexity index is 1070. The van der Waals surface area contributed by atoms with Crippen molar-refractivity contribution in [3.63, 3.8) is 0 Å². The van der Waals surface area contributed by atoms with E-state index in [9.17, 15) is 14.4 Å². The SMILES string of the molecule is CCOC(=O)Nc1cc(NC(=O)c2c[nH]c3ccccc3c2=O)ccc1C. The van der Waals surface area contributed by atoms with Crippen molar-refractivity contribution in [2.24, 2.45) is 0 Å². The van der Waals surface area contributed by atoms with Gasteiger partial charge >= 0.3 is 6.09 Å². The van der Waals surface area contributed by atoms with E-state index in [1.165, 1.54) is 6.20 Å². The fraction of sp³-hybridized carbons (Fsp3) is 0.150. The highest BCUT2D eigenvalue weighted by Gasteiger charge is 2.14. The molecule has 1 heterocycles. The summed E-state index contributed by atoms with van der Waals surface area (Å²) in [5, 5.41) is 5.75. The highest BCUT2D eigenvalue weighted by Crippen LogP contribution is 2.21. The van der Waals surface area contributed by atoms with Gasteiger partial charge in [-0.3, -0.25) is 14.9 Å². The highest BCUT2D eigenvalue weighted by atomic mass is 16.5. The van der Waals surface area contributed by atoms with Crippen molar-refractivity contribution in [2.45, 2.75) is 13.8 Å². The van der Waals surface area contributed by atoms with E-state index in [4.69, 9.17) is 4.74 Å². The number of aromatic nitrogens is 1. The molecule has 0 fully saturated rings. The van der Waals surface area contributed by atoms with Crippen LogP contribution in [-0.2, 0) is 4.74 Å². The predicted molar refractivity (Wildman–Crippen MR) is 104 cm³/mol. The Balaban J connectivity index is 1.85. The molecule has 0 bridgehead atoms. The summed E-state index contributed by atoms with van der Waals surface area (Å²) in [6, 6.07) is 12.0. The number of rotatable bonds is 4. The Kier molecular flexibility index (Phi) is 5.21. The number of carbonyl (C=O) groups excluding carboxylic acids is 2. The van der Waals surface area contributed by atoms with Gasteiger partial charge in [0.15, 0.2) is 0 Å². The van der Waals surface area contributed by atoms with Crippen molar-refractivity contribution in [3.8, 4) is 0 Å². The molecule has 27 heavy (non-hydrogen) atoms. The highest BCUT2D eigenvalue weighted by molar-refractivity contribution is 6.06. The summed E-state index contributed by atoms with van der Waals surface area (Å²) < 4.78 is 4.86. The molecular weight excluding hydrogens is 346 g/mol. The van der Waals surface area contributed by atoms with Gasteiger partial charge in [0.25, 0.3) is 5.91 Å². The zero-order valence-corrected chi connectivity index (χ0v) is 15.0. The Hall–Kier alpha value is -3.61. The number of ether oxygens (including phenoxy) is 1. The minimum Gasteiger partial charge on any atom is -0.450 e. The van der Waals surface area contributed by atoms with Crippen LogP contribution in [0.4, 0.5) is 16.2 Å². The first kappa shape index (κ1) is 18.2. The molecule has 2 amide bonds. The Morgan fingerprint density at radius 1 is 1.11 bits per heavy atom. The van der Waals surface area contributed by atoms with E-state index < -0.39 is 12.0 Å². The lowest BCUT2D eigenvalue weighted by Gasteiger charge is -2.11. The van der Waals surface area contributed by atoms with Crippen molar-refractivity contribution in [1.29, 1.82) is 0 Å². The molecule has 3 N–H and O–H groups in total. The predicted octanol–water partition coefficient (Wildman–Crippen LogP) is 3.66. The van der Waals surface area contributed by atoms with E-state index in [0.717, 1.165) is 5.56 Å². The fourth-order valence-corrected chi connectivity index (χ4v) is 2.65. The summed E-state index contributed by atoms with van der Waals surface area (Å²) in [6.45, 7) is 3.79. The normalized spacial score (nSPS) is 10.4. The van der Waals surface area contributed by atoms with Crippen LogP contribution in [0.3, 0.4) is 0 Å². The Morgan fingerprint density at radius 2 is 1.89 bits per heavy atom. The number of para-hydroxylation sites is 1. The van der Waals surface area contributed by atoms with Crippen molar-refractivity contribution in [2.75, 3.05) is 17.2 Å². The lowest BCUT2D eigenvalue weighted by molar-refractivity contribution is 0.102. The number of aryl methyl sites for hydroxylation is 1. The lowest BCUT2D eigenvalue weighted by Crippen LogP contribution is -2.22. The van der Waals surface area contributed by atoms with Gasteiger partial charge in [0, 0.05) is 28.5 Å². The maximum atomic E-state index is 12.6. The van der Waals surface area contributed by atoms with Crippen LogP contribution < -0.4 is 16.1 Å². The van der Waals surface area contributed by atoms with Gasteiger partial charge in [-0.05, 0) is 43.7 Å². The number of hydrogen-bond donors (Lipinski definition) is 3. The lowest BCUT2D eigenvalue weighted by atomic mass is 10.1. The van der Waals surface area contributed by atoms with Gasteiger partial charge in [0.2, 0.25) is 5.43 Å². The number of pyridine rings is 1. The first-order valence-corrected chi connectivity index (χ1v) is 8.46. The van der Waals surface area contributed by atoms with Crippen LogP contribution in [0.1, 0.15) is 22.8 Å². The first-order chi connectivity index (χ1) is 13.0. The molecule has 0 atom stereocenters. The second kappa shape index (κ2) is 7.74. The zero-order chi connectivity index (χ0) is 19.4. The van der Waals surface area contributed by atoms with Gasteiger partial charge in [-0.1, -0.05) is 18.2 Å². The summed E-state index contributed by atoms with van der Waals surface area (Å²) in [4.78, 5) is 39.7. The molecule has 7 heteroatoms. The van der Waals surface area contributed by atoms with Gasteiger partial charge in [-0.25, -0.2) is 4.79 Å². The van der Waals surface area contributed by atoms with Crippen molar-refractivity contribution < 1.29 is 14.3 Å². The minimum absolute atomic E-state index is 0.00850. The van der Waals surface area contributed by atoms with E-state index in [1.54, 1.807) is 43.3 Å². The standard InChI is InChI=1S/C20H19N3O4/c1-3-27-20(26)23-17-10-13(9-8-12(17)2)22-19(25)15-11-21-16-7-5-4-6-14(16)18(15)24/h4-11H,3H2,1-2H3,(H,21,24)(H,22,25)(H,23,26).